The lowest BCUT2D eigenvalue weighted by molar-refractivity contribution is -0.116. The Labute approximate surface area is 211 Å². The average Bonchev–Trinajstić information content (AvgIpc) is 2.84. The number of hydrogen-bond donors (Lipinski definition) is 3. The van der Waals surface area contributed by atoms with Crippen molar-refractivity contribution in [3.8, 4) is 11.5 Å². The second-order valence-electron chi connectivity index (χ2n) is 8.28. The van der Waals surface area contributed by atoms with E-state index in [1.165, 1.54) is 17.8 Å². The number of benzene rings is 3. The molecule has 35 heavy (non-hydrogen) atoms. The molecule has 8 heteroatoms. The molecule has 1 amide bonds. The quantitative estimate of drug-likeness (QED) is 0.198. The molecule has 0 heterocycles. The van der Waals surface area contributed by atoms with E-state index in [1.807, 2.05) is 0 Å². The van der Waals surface area contributed by atoms with Crippen molar-refractivity contribution in [2.75, 3.05) is 11.1 Å². The van der Waals surface area contributed by atoms with Crippen LogP contribution in [0.1, 0.15) is 44.6 Å². The summed E-state index contributed by atoms with van der Waals surface area (Å²) in [5.74, 6) is -0.272. The van der Waals surface area contributed by atoms with Gasteiger partial charge in [-0.3, -0.25) is 4.79 Å². The third kappa shape index (κ3) is 7.77. The van der Waals surface area contributed by atoms with Gasteiger partial charge in [0, 0.05) is 17.0 Å². The molecule has 3 aromatic rings. The summed E-state index contributed by atoms with van der Waals surface area (Å²) in [6.45, 7) is 2.11. The number of hydrogen-bond acceptors (Lipinski definition) is 6. The molecule has 186 valence electrons. The van der Waals surface area contributed by atoms with E-state index in [2.05, 4.69) is 12.2 Å². The number of phenols is 2. The molecule has 0 bridgehead atoms. The Hall–Kier alpha value is -2.97. The van der Waals surface area contributed by atoms with Gasteiger partial charge in [-0.25, -0.2) is 8.42 Å². The smallest absolute Gasteiger partial charge is 0.224 e. The molecule has 0 aliphatic carbocycles. The zero-order valence-corrected chi connectivity index (χ0v) is 21.4. The zero-order valence-electron chi connectivity index (χ0n) is 19.7. The van der Waals surface area contributed by atoms with Gasteiger partial charge >= 0.3 is 0 Å². The highest BCUT2D eigenvalue weighted by Gasteiger charge is 2.21. The number of anilines is 1. The molecule has 0 aromatic heterocycles. The minimum Gasteiger partial charge on any atom is -0.508 e. The zero-order chi connectivity index (χ0) is 25.3. The SMILES string of the molecule is CCCCCCC(=O)Nc1ccc(O)c(Sc2cccc(O)c2)c1CCS(=O)(=O)c1ccccc1. The Balaban J connectivity index is 1.91. The first-order chi connectivity index (χ1) is 16.8. The number of rotatable bonds is 12. The van der Waals surface area contributed by atoms with E-state index in [0.717, 1.165) is 25.7 Å². The third-order valence-electron chi connectivity index (χ3n) is 5.53. The molecule has 0 fully saturated rings. The van der Waals surface area contributed by atoms with Gasteiger partial charge in [0.25, 0.3) is 0 Å². The first-order valence-corrected chi connectivity index (χ1v) is 14.2. The molecule has 3 N–H and O–H groups in total. The van der Waals surface area contributed by atoms with Crippen LogP contribution in [0.15, 0.2) is 81.4 Å². The van der Waals surface area contributed by atoms with E-state index in [1.54, 1.807) is 60.7 Å². The van der Waals surface area contributed by atoms with Crippen LogP contribution in [0.5, 0.6) is 11.5 Å². The standard InChI is InChI=1S/C27H31NO5S2/c1-2-3-4-8-14-26(31)28-24-15-16-25(30)27(34-21-11-9-10-20(29)19-21)23(24)17-18-35(32,33)22-12-6-5-7-13-22/h5-7,9-13,15-16,19,29-30H,2-4,8,14,17-18H2,1H3,(H,28,31). The lowest BCUT2D eigenvalue weighted by Crippen LogP contribution is -2.15. The van der Waals surface area contributed by atoms with Crippen LogP contribution in [0.25, 0.3) is 0 Å². The number of carbonyl (C=O) groups excluding carboxylic acids is 1. The summed E-state index contributed by atoms with van der Waals surface area (Å²) in [4.78, 5) is 14.0. The number of unbranched alkanes of at least 4 members (excludes halogenated alkanes) is 3. The van der Waals surface area contributed by atoms with Gasteiger partial charge in [-0.15, -0.1) is 0 Å². The van der Waals surface area contributed by atoms with Crippen LogP contribution in [0.2, 0.25) is 0 Å². The maximum absolute atomic E-state index is 13.0. The van der Waals surface area contributed by atoms with Crippen molar-refractivity contribution < 1.29 is 23.4 Å². The van der Waals surface area contributed by atoms with E-state index in [4.69, 9.17) is 0 Å². The van der Waals surface area contributed by atoms with E-state index in [-0.39, 0.29) is 34.5 Å². The van der Waals surface area contributed by atoms with Crippen molar-refractivity contribution in [2.24, 2.45) is 0 Å². The maximum atomic E-state index is 13.0. The summed E-state index contributed by atoms with van der Waals surface area (Å²) in [6, 6.07) is 17.9. The molecule has 0 unspecified atom stereocenters. The molecule has 0 aliphatic rings. The van der Waals surface area contributed by atoms with Crippen molar-refractivity contribution in [1.82, 2.24) is 0 Å². The third-order valence-corrected chi connectivity index (χ3v) is 8.41. The van der Waals surface area contributed by atoms with Crippen LogP contribution in [0, 0.1) is 0 Å². The van der Waals surface area contributed by atoms with Crippen LogP contribution >= 0.6 is 11.8 Å². The Bertz CT molecular complexity index is 1240. The Kier molecular flexibility index (Phi) is 9.63. The van der Waals surface area contributed by atoms with Crippen LogP contribution in [-0.4, -0.2) is 30.3 Å². The summed E-state index contributed by atoms with van der Waals surface area (Å²) in [6.07, 6.45) is 4.37. The minimum atomic E-state index is -3.58. The molecule has 3 rings (SSSR count). The number of carbonyl (C=O) groups is 1. The monoisotopic (exact) mass is 513 g/mol. The topological polar surface area (TPSA) is 104 Å². The van der Waals surface area contributed by atoms with Crippen molar-refractivity contribution >= 4 is 33.2 Å². The highest BCUT2D eigenvalue weighted by molar-refractivity contribution is 7.99. The maximum Gasteiger partial charge on any atom is 0.224 e. The van der Waals surface area contributed by atoms with Gasteiger partial charge in [0.1, 0.15) is 11.5 Å². The molecule has 0 aliphatic heterocycles. The molecular weight excluding hydrogens is 482 g/mol. The second kappa shape index (κ2) is 12.7. The average molecular weight is 514 g/mol. The van der Waals surface area contributed by atoms with E-state index in [9.17, 15) is 23.4 Å². The van der Waals surface area contributed by atoms with Crippen LogP contribution < -0.4 is 5.32 Å². The largest absolute Gasteiger partial charge is 0.508 e. The summed E-state index contributed by atoms with van der Waals surface area (Å²) < 4.78 is 25.9. The lowest BCUT2D eigenvalue weighted by Gasteiger charge is -2.17. The van der Waals surface area contributed by atoms with Crippen LogP contribution in [-0.2, 0) is 21.1 Å². The molecular formula is C27H31NO5S2. The highest BCUT2D eigenvalue weighted by atomic mass is 32.2. The molecule has 0 saturated heterocycles. The summed E-state index contributed by atoms with van der Waals surface area (Å²) in [5, 5.41) is 23.5. The minimum absolute atomic E-state index is 0.0219. The number of sulfone groups is 1. The van der Waals surface area contributed by atoms with Crippen molar-refractivity contribution in [2.45, 2.75) is 60.1 Å². The molecule has 3 aromatic carbocycles. The number of amides is 1. The lowest BCUT2D eigenvalue weighted by atomic mass is 10.1. The van der Waals surface area contributed by atoms with Gasteiger partial charge in [0.2, 0.25) is 5.91 Å². The summed E-state index contributed by atoms with van der Waals surface area (Å²) in [5.41, 5.74) is 1.02. The normalized spacial score (nSPS) is 11.3. The highest BCUT2D eigenvalue weighted by Crippen LogP contribution is 2.41. The van der Waals surface area contributed by atoms with Crippen LogP contribution in [0.4, 0.5) is 5.69 Å². The molecule has 0 saturated carbocycles. The van der Waals surface area contributed by atoms with Gasteiger partial charge in [-0.05, 0) is 60.9 Å². The fourth-order valence-electron chi connectivity index (χ4n) is 3.67. The van der Waals surface area contributed by atoms with Crippen molar-refractivity contribution in [3.63, 3.8) is 0 Å². The van der Waals surface area contributed by atoms with E-state index >= 15 is 0 Å². The van der Waals surface area contributed by atoms with Gasteiger partial charge in [-0.1, -0.05) is 62.2 Å². The van der Waals surface area contributed by atoms with Crippen LogP contribution in [0.3, 0.4) is 0 Å². The second-order valence-corrected chi connectivity index (χ2v) is 11.5. The summed E-state index contributed by atoms with van der Waals surface area (Å²) >= 11 is 1.21. The number of aromatic hydroxyl groups is 2. The van der Waals surface area contributed by atoms with Crippen molar-refractivity contribution in [3.05, 3.63) is 72.3 Å². The van der Waals surface area contributed by atoms with E-state index < -0.39 is 9.84 Å². The number of phenolic OH excluding ortho intramolecular Hbond substituents is 2. The summed E-state index contributed by atoms with van der Waals surface area (Å²) in [7, 11) is -3.58. The van der Waals surface area contributed by atoms with E-state index in [0.29, 0.717) is 27.5 Å². The van der Waals surface area contributed by atoms with Gasteiger partial charge in [0.15, 0.2) is 9.84 Å². The fourth-order valence-corrected chi connectivity index (χ4v) is 6.02. The predicted octanol–water partition coefficient (Wildman–Crippen LogP) is 6.17. The first-order valence-electron chi connectivity index (χ1n) is 11.7. The predicted molar refractivity (Wildman–Crippen MR) is 140 cm³/mol. The van der Waals surface area contributed by atoms with Crippen molar-refractivity contribution in [1.29, 1.82) is 0 Å². The van der Waals surface area contributed by atoms with Gasteiger partial charge in [-0.2, -0.15) is 0 Å². The Morgan fingerprint density at radius 2 is 1.71 bits per heavy atom. The van der Waals surface area contributed by atoms with Gasteiger partial charge < -0.3 is 15.5 Å². The molecule has 0 radical (unpaired) electrons. The molecule has 0 atom stereocenters. The fraction of sp³-hybridized carbons (Fsp3) is 0.296. The Morgan fingerprint density at radius 3 is 2.43 bits per heavy atom. The van der Waals surface area contributed by atoms with Gasteiger partial charge in [0.05, 0.1) is 15.5 Å². The molecule has 6 nitrogen and oxygen atoms in total. The Morgan fingerprint density at radius 1 is 0.943 bits per heavy atom. The molecule has 0 spiro atoms. The first kappa shape index (κ1) is 26.6. The number of nitrogens with one attached hydrogen (secondary N) is 1.